The standard InChI is InChI=1S/C18H21O6P.Li.H/c1-20-11-9-14(23-4)17(15(10-11)24-5)25-18(19)16-12(21-2)7-6-8-13(16)22-3;;/h6-10,25H,1-5H3;;. The Labute approximate surface area is 167 Å². The first-order chi connectivity index (χ1) is 12.1. The summed E-state index contributed by atoms with van der Waals surface area (Å²) in [6, 6.07) is 8.66. The summed E-state index contributed by atoms with van der Waals surface area (Å²) in [5, 5.41) is 0.656. The van der Waals surface area contributed by atoms with Gasteiger partial charge in [-0.25, -0.2) is 0 Å². The molecule has 0 bridgehead atoms. The maximum absolute atomic E-state index is 13.0. The molecule has 0 aliphatic carbocycles. The van der Waals surface area contributed by atoms with Crippen molar-refractivity contribution in [3.8, 4) is 28.7 Å². The third-order valence-corrected chi connectivity index (χ3v) is 4.83. The van der Waals surface area contributed by atoms with Crippen LogP contribution in [0.25, 0.3) is 0 Å². The van der Waals surface area contributed by atoms with E-state index >= 15 is 0 Å². The van der Waals surface area contributed by atoms with Crippen molar-refractivity contribution in [3.63, 3.8) is 0 Å². The van der Waals surface area contributed by atoms with Crippen LogP contribution in [0.2, 0.25) is 0 Å². The van der Waals surface area contributed by atoms with Crippen LogP contribution in [0.3, 0.4) is 0 Å². The van der Waals surface area contributed by atoms with Gasteiger partial charge in [0, 0.05) is 12.1 Å². The zero-order valence-corrected chi connectivity index (χ0v) is 15.8. The first kappa shape index (κ1) is 22.2. The monoisotopic (exact) mass is 372 g/mol. The van der Waals surface area contributed by atoms with Gasteiger partial charge >= 0.3 is 18.9 Å². The first-order valence-corrected chi connectivity index (χ1v) is 8.41. The molecule has 0 aliphatic rings. The van der Waals surface area contributed by atoms with Gasteiger partial charge in [-0.3, -0.25) is 4.79 Å². The average Bonchev–Trinajstić information content (AvgIpc) is 2.66. The van der Waals surface area contributed by atoms with Crippen molar-refractivity contribution >= 4 is 38.3 Å². The molecule has 0 N–H and O–H groups in total. The van der Waals surface area contributed by atoms with Crippen LogP contribution in [0.4, 0.5) is 0 Å². The topological polar surface area (TPSA) is 63.2 Å². The fourth-order valence-electron chi connectivity index (χ4n) is 2.38. The molecule has 8 heteroatoms. The van der Waals surface area contributed by atoms with Crippen molar-refractivity contribution in [2.75, 3.05) is 35.5 Å². The van der Waals surface area contributed by atoms with E-state index in [0.29, 0.717) is 39.6 Å². The Hall–Kier alpha value is -1.86. The number of carbonyl (C=O) groups excluding carboxylic acids is 1. The van der Waals surface area contributed by atoms with Gasteiger partial charge < -0.3 is 23.7 Å². The first-order valence-electron chi connectivity index (χ1n) is 7.41. The average molecular weight is 372 g/mol. The number of carbonyl (C=O) groups is 1. The van der Waals surface area contributed by atoms with Gasteiger partial charge in [-0.15, -0.1) is 0 Å². The predicted octanol–water partition coefficient (Wildman–Crippen LogP) is 2.23. The van der Waals surface area contributed by atoms with Gasteiger partial charge in [-0.2, -0.15) is 0 Å². The van der Waals surface area contributed by atoms with E-state index in [1.807, 2.05) is 0 Å². The molecule has 6 nitrogen and oxygen atoms in total. The van der Waals surface area contributed by atoms with E-state index in [1.54, 1.807) is 37.4 Å². The normalized spacial score (nSPS) is 10.2. The number of rotatable bonds is 8. The van der Waals surface area contributed by atoms with Gasteiger partial charge in [0.15, 0.2) is 5.52 Å². The number of hydrogen-bond acceptors (Lipinski definition) is 6. The second kappa shape index (κ2) is 10.3. The van der Waals surface area contributed by atoms with E-state index in [2.05, 4.69) is 0 Å². The summed E-state index contributed by atoms with van der Waals surface area (Å²) in [5.74, 6) is 2.56. The van der Waals surface area contributed by atoms with Gasteiger partial charge in [0.05, 0.1) is 40.9 Å². The van der Waals surface area contributed by atoms with Gasteiger partial charge in [0.25, 0.3) is 0 Å². The van der Waals surface area contributed by atoms with Crippen LogP contribution in [-0.2, 0) is 0 Å². The van der Waals surface area contributed by atoms with E-state index in [1.165, 1.54) is 28.4 Å². The summed E-state index contributed by atoms with van der Waals surface area (Å²) < 4.78 is 26.7. The molecule has 1 unspecified atom stereocenters. The van der Waals surface area contributed by atoms with Crippen molar-refractivity contribution in [2.45, 2.75) is 0 Å². The number of benzene rings is 2. The summed E-state index contributed by atoms with van der Waals surface area (Å²) in [4.78, 5) is 13.0. The van der Waals surface area contributed by atoms with Crippen LogP contribution in [0, 0.1) is 0 Å². The van der Waals surface area contributed by atoms with Crippen molar-refractivity contribution in [2.24, 2.45) is 0 Å². The molecule has 1 atom stereocenters. The quantitative estimate of drug-likeness (QED) is 0.523. The Bertz CT molecular complexity index is 718. The molecule has 136 valence electrons. The minimum atomic E-state index is -0.241. The van der Waals surface area contributed by atoms with Crippen molar-refractivity contribution in [3.05, 3.63) is 35.9 Å². The van der Waals surface area contributed by atoms with Crippen LogP contribution in [-0.4, -0.2) is 59.9 Å². The molecule has 2 rings (SSSR count). The fourth-order valence-corrected chi connectivity index (χ4v) is 3.57. The molecule has 0 spiro atoms. The Morgan fingerprint density at radius 1 is 0.769 bits per heavy atom. The molecule has 0 fully saturated rings. The summed E-state index contributed by atoms with van der Waals surface area (Å²) in [6.45, 7) is 0. The molecule has 0 amide bonds. The fraction of sp³-hybridized carbons (Fsp3) is 0.278. The van der Waals surface area contributed by atoms with E-state index < -0.39 is 0 Å². The van der Waals surface area contributed by atoms with E-state index in [-0.39, 0.29) is 33.0 Å². The Balaban J connectivity index is 0.00000338. The minimum absolute atomic E-state index is 0. The maximum atomic E-state index is 13.0. The summed E-state index contributed by atoms with van der Waals surface area (Å²) in [6.07, 6.45) is 0. The molecule has 26 heavy (non-hydrogen) atoms. The molecule has 0 saturated heterocycles. The molecule has 2 aromatic rings. The second-order valence-corrected chi connectivity index (χ2v) is 6.10. The molecule has 0 aromatic heterocycles. The third kappa shape index (κ3) is 4.65. The Kier molecular flexibility index (Phi) is 8.81. The van der Waals surface area contributed by atoms with Crippen LogP contribution in [0.5, 0.6) is 28.7 Å². The number of ether oxygens (including phenoxy) is 5. The zero-order chi connectivity index (χ0) is 18.4. The van der Waals surface area contributed by atoms with Crippen molar-refractivity contribution in [1.29, 1.82) is 0 Å². The van der Waals surface area contributed by atoms with Crippen LogP contribution >= 0.6 is 8.58 Å². The van der Waals surface area contributed by atoms with Crippen LogP contribution in [0.1, 0.15) is 10.4 Å². The zero-order valence-electron chi connectivity index (χ0n) is 14.8. The molecule has 0 aliphatic heterocycles. The van der Waals surface area contributed by atoms with Gasteiger partial charge in [0.1, 0.15) is 34.3 Å². The third-order valence-electron chi connectivity index (χ3n) is 3.61. The number of hydrogen-bond donors (Lipinski definition) is 0. The summed E-state index contributed by atoms with van der Waals surface area (Å²) >= 11 is 0. The number of methoxy groups -OCH3 is 5. The van der Waals surface area contributed by atoms with E-state index in [9.17, 15) is 4.79 Å². The Morgan fingerprint density at radius 2 is 1.23 bits per heavy atom. The van der Waals surface area contributed by atoms with Crippen molar-refractivity contribution < 1.29 is 28.5 Å². The second-order valence-electron chi connectivity index (χ2n) is 4.90. The predicted molar refractivity (Wildman–Crippen MR) is 105 cm³/mol. The summed E-state index contributed by atoms with van der Waals surface area (Å²) in [7, 11) is 7.43. The molecular weight excluding hydrogens is 350 g/mol. The van der Waals surface area contributed by atoms with Crippen LogP contribution in [0.15, 0.2) is 30.3 Å². The Morgan fingerprint density at radius 3 is 1.62 bits per heavy atom. The molecular formula is C18H22LiO6P. The van der Waals surface area contributed by atoms with Crippen molar-refractivity contribution in [1.82, 2.24) is 0 Å². The van der Waals surface area contributed by atoms with Gasteiger partial charge in [0.2, 0.25) is 0 Å². The molecule has 2 aromatic carbocycles. The van der Waals surface area contributed by atoms with E-state index in [4.69, 9.17) is 23.7 Å². The van der Waals surface area contributed by atoms with E-state index in [0.717, 1.165) is 0 Å². The molecule has 0 saturated carbocycles. The molecule has 0 radical (unpaired) electrons. The molecule has 0 heterocycles. The van der Waals surface area contributed by atoms with Gasteiger partial charge in [-0.1, -0.05) is 6.07 Å². The van der Waals surface area contributed by atoms with Gasteiger partial charge in [-0.05, 0) is 20.7 Å². The summed E-state index contributed by atoms with van der Waals surface area (Å²) in [5.41, 5.74) is 0.252. The SMILES string of the molecule is COc1cc(OC)c(PC(=O)c2c(OC)cccc2OC)c(OC)c1.[LiH]. The van der Waals surface area contributed by atoms with Crippen LogP contribution < -0.4 is 29.0 Å².